The largest absolute Gasteiger partial charge is 0.496 e. The number of thiazole rings is 1. The van der Waals surface area contributed by atoms with E-state index in [-0.39, 0.29) is 12.3 Å². The number of imidazole rings is 1. The smallest absolute Gasteiger partial charge is 0.230 e. The summed E-state index contributed by atoms with van der Waals surface area (Å²) in [5, 5.41) is 4.98. The Bertz CT molecular complexity index is 1050. The van der Waals surface area contributed by atoms with Gasteiger partial charge in [0.25, 0.3) is 0 Å². The highest BCUT2D eigenvalue weighted by atomic mass is 32.1. The normalized spacial score (nSPS) is 10.8. The Labute approximate surface area is 154 Å². The van der Waals surface area contributed by atoms with Crippen LogP contribution in [0.1, 0.15) is 5.56 Å². The molecule has 0 saturated carbocycles. The predicted octanol–water partition coefficient (Wildman–Crippen LogP) is 4.25. The van der Waals surface area contributed by atoms with E-state index in [4.69, 9.17) is 4.74 Å². The van der Waals surface area contributed by atoms with E-state index >= 15 is 0 Å². The number of hydrogen-bond donors (Lipinski definition) is 1. The number of aromatic nitrogens is 2. The van der Waals surface area contributed by atoms with Crippen LogP contribution in [0.5, 0.6) is 5.75 Å². The standard InChI is InChI=1S/C20H17N3O2S/c1-25-16-10-6-5-9-15(16)13-17(24)21-19-18(14-7-3-2-4-8-14)22-20-23(19)11-12-26-20/h2-12H,13H2,1H3,(H,21,24). The molecule has 0 aliphatic rings. The van der Waals surface area contributed by atoms with Crippen molar-refractivity contribution in [2.75, 3.05) is 12.4 Å². The van der Waals surface area contributed by atoms with Crippen molar-refractivity contribution in [2.45, 2.75) is 6.42 Å². The van der Waals surface area contributed by atoms with Gasteiger partial charge < -0.3 is 10.1 Å². The van der Waals surface area contributed by atoms with Crippen LogP contribution in [0, 0.1) is 0 Å². The lowest BCUT2D eigenvalue weighted by Gasteiger charge is -2.10. The molecule has 0 spiro atoms. The van der Waals surface area contributed by atoms with E-state index in [2.05, 4.69) is 10.3 Å². The number of rotatable bonds is 5. The molecule has 2 aromatic heterocycles. The molecule has 5 nitrogen and oxygen atoms in total. The van der Waals surface area contributed by atoms with Crippen LogP contribution >= 0.6 is 11.3 Å². The minimum Gasteiger partial charge on any atom is -0.496 e. The second-order valence-electron chi connectivity index (χ2n) is 5.77. The SMILES string of the molecule is COc1ccccc1CC(=O)Nc1c(-c2ccccc2)nc2sccn12. The zero-order valence-electron chi connectivity index (χ0n) is 14.2. The first-order valence-corrected chi connectivity index (χ1v) is 9.07. The Morgan fingerprint density at radius 3 is 2.73 bits per heavy atom. The van der Waals surface area contributed by atoms with Crippen molar-refractivity contribution >= 4 is 28.0 Å². The molecule has 4 aromatic rings. The third-order valence-corrected chi connectivity index (χ3v) is 4.87. The molecule has 6 heteroatoms. The maximum absolute atomic E-state index is 12.7. The molecular weight excluding hydrogens is 346 g/mol. The lowest BCUT2D eigenvalue weighted by Crippen LogP contribution is -2.16. The first-order chi connectivity index (χ1) is 12.8. The van der Waals surface area contributed by atoms with Gasteiger partial charge in [-0.2, -0.15) is 0 Å². The van der Waals surface area contributed by atoms with Crippen LogP contribution in [0.15, 0.2) is 66.2 Å². The minimum atomic E-state index is -0.111. The van der Waals surface area contributed by atoms with Gasteiger partial charge in [0.2, 0.25) is 5.91 Å². The number of nitrogens with zero attached hydrogens (tertiary/aromatic N) is 2. The van der Waals surface area contributed by atoms with Gasteiger partial charge in [-0.3, -0.25) is 9.20 Å². The van der Waals surface area contributed by atoms with Crippen LogP contribution in [0.25, 0.3) is 16.2 Å². The Morgan fingerprint density at radius 2 is 1.92 bits per heavy atom. The second-order valence-corrected chi connectivity index (χ2v) is 6.64. The first kappa shape index (κ1) is 16.4. The summed E-state index contributed by atoms with van der Waals surface area (Å²) in [4.78, 5) is 18.2. The molecule has 0 atom stereocenters. The van der Waals surface area contributed by atoms with E-state index in [1.54, 1.807) is 7.11 Å². The molecule has 4 rings (SSSR count). The number of carbonyl (C=O) groups excluding carboxylic acids is 1. The molecule has 0 unspecified atom stereocenters. The number of para-hydroxylation sites is 1. The van der Waals surface area contributed by atoms with E-state index in [9.17, 15) is 4.79 Å². The number of anilines is 1. The van der Waals surface area contributed by atoms with Crippen molar-refractivity contribution in [3.05, 3.63) is 71.7 Å². The average Bonchev–Trinajstić information content (AvgIpc) is 3.25. The van der Waals surface area contributed by atoms with E-state index in [0.717, 1.165) is 21.8 Å². The van der Waals surface area contributed by atoms with E-state index < -0.39 is 0 Å². The Balaban J connectivity index is 1.66. The summed E-state index contributed by atoms with van der Waals surface area (Å²) in [5.41, 5.74) is 2.58. The summed E-state index contributed by atoms with van der Waals surface area (Å²) in [6.07, 6.45) is 2.15. The fourth-order valence-electron chi connectivity index (χ4n) is 2.90. The lowest BCUT2D eigenvalue weighted by atomic mass is 10.1. The predicted molar refractivity (Wildman–Crippen MR) is 104 cm³/mol. The molecule has 1 N–H and O–H groups in total. The van der Waals surface area contributed by atoms with Crippen molar-refractivity contribution < 1.29 is 9.53 Å². The van der Waals surface area contributed by atoms with Gasteiger partial charge in [-0.15, -0.1) is 11.3 Å². The third kappa shape index (κ3) is 3.07. The Kier molecular flexibility index (Phi) is 4.41. The number of benzene rings is 2. The topological polar surface area (TPSA) is 55.6 Å². The number of fused-ring (bicyclic) bond motifs is 1. The third-order valence-electron chi connectivity index (χ3n) is 4.11. The maximum Gasteiger partial charge on any atom is 0.230 e. The Hall–Kier alpha value is -3.12. The molecule has 0 bridgehead atoms. The highest BCUT2D eigenvalue weighted by molar-refractivity contribution is 7.15. The van der Waals surface area contributed by atoms with Crippen molar-refractivity contribution in [2.24, 2.45) is 0 Å². The minimum absolute atomic E-state index is 0.111. The maximum atomic E-state index is 12.7. The van der Waals surface area contributed by atoms with Gasteiger partial charge in [0.05, 0.1) is 13.5 Å². The van der Waals surface area contributed by atoms with Crippen molar-refractivity contribution in [3.8, 4) is 17.0 Å². The van der Waals surface area contributed by atoms with E-state index in [1.807, 2.05) is 70.6 Å². The summed E-state index contributed by atoms with van der Waals surface area (Å²) in [6.45, 7) is 0. The molecule has 0 radical (unpaired) electrons. The molecule has 1 amide bonds. The van der Waals surface area contributed by atoms with Crippen LogP contribution in [0.3, 0.4) is 0 Å². The molecule has 0 fully saturated rings. The molecule has 0 aliphatic carbocycles. The monoisotopic (exact) mass is 363 g/mol. The first-order valence-electron chi connectivity index (χ1n) is 8.19. The average molecular weight is 363 g/mol. The molecule has 130 valence electrons. The summed E-state index contributed by atoms with van der Waals surface area (Å²) in [6, 6.07) is 17.4. The highest BCUT2D eigenvalue weighted by Gasteiger charge is 2.18. The van der Waals surface area contributed by atoms with Crippen LogP contribution < -0.4 is 10.1 Å². The van der Waals surface area contributed by atoms with Crippen molar-refractivity contribution in [1.82, 2.24) is 9.38 Å². The van der Waals surface area contributed by atoms with E-state index in [1.165, 1.54) is 11.3 Å². The number of nitrogens with one attached hydrogen (secondary N) is 1. The van der Waals surface area contributed by atoms with Crippen molar-refractivity contribution in [3.63, 3.8) is 0 Å². The van der Waals surface area contributed by atoms with Gasteiger partial charge in [-0.1, -0.05) is 48.5 Å². The van der Waals surface area contributed by atoms with Crippen LogP contribution in [-0.2, 0) is 11.2 Å². The van der Waals surface area contributed by atoms with Gasteiger partial charge in [-0.25, -0.2) is 4.98 Å². The van der Waals surface area contributed by atoms with Crippen LogP contribution in [-0.4, -0.2) is 22.4 Å². The molecule has 2 aromatic carbocycles. The second kappa shape index (κ2) is 7.01. The Morgan fingerprint density at radius 1 is 1.15 bits per heavy atom. The zero-order valence-corrected chi connectivity index (χ0v) is 15.0. The fourth-order valence-corrected chi connectivity index (χ4v) is 3.61. The molecule has 26 heavy (non-hydrogen) atoms. The number of amides is 1. The van der Waals surface area contributed by atoms with Gasteiger partial charge in [0.15, 0.2) is 4.96 Å². The zero-order chi connectivity index (χ0) is 17.9. The van der Waals surface area contributed by atoms with E-state index in [0.29, 0.717) is 11.6 Å². The molecule has 0 saturated heterocycles. The number of ether oxygens (including phenoxy) is 1. The lowest BCUT2D eigenvalue weighted by molar-refractivity contribution is -0.115. The fraction of sp³-hybridized carbons (Fsp3) is 0.100. The highest BCUT2D eigenvalue weighted by Crippen LogP contribution is 2.30. The molecular formula is C20H17N3O2S. The summed E-state index contributed by atoms with van der Waals surface area (Å²) >= 11 is 1.53. The number of carbonyl (C=O) groups is 1. The van der Waals surface area contributed by atoms with Gasteiger partial charge in [0, 0.05) is 22.7 Å². The van der Waals surface area contributed by atoms with Crippen molar-refractivity contribution in [1.29, 1.82) is 0 Å². The summed E-state index contributed by atoms with van der Waals surface area (Å²) in [7, 11) is 1.61. The number of methoxy groups -OCH3 is 1. The van der Waals surface area contributed by atoms with Gasteiger partial charge in [0.1, 0.15) is 17.3 Å². The van der Waals surface area contributed by atoms with Crippen LogP contribution in [0.4, 0.5) is 5.82 Å². The summed E-state index contributed by atoms with van der Waals surface area (Å²) in [5.74, 6) is 1.28. The van der Waals surface area contributed by atoms with Gasteiger partial charge in [-0.05, 0) is 6.07 Å². The number of hydrogen-bond acceptors (Lipinski definition) is 4. The summed E-state index contributed by atoms with van der Waals surface area (Å²) < 4.78 is 7.25. The molecule has 0 aliphatic heterocycles. The van der Waals surface area contributed by atoms with Gasteiger partial charge >= 0.3 is 0 Å². The quantitative estimate of drug-likeness (QED) is 0.577. The van der Waals surface area contributed by atoms with Crippen LogP contribution in [0.2, 0.25) is 0 Å². The molecule has 2 heterocycles.